The zero-order valence-electron chi connectivity index (χ0n) is 16.9. The van der Waals surface area contributed by atoms with Crippen LogP contribution < -0.4 is 15.4 Å². The summed E-state index contributed by atoms with van der Waals surface area (Å²) in [5.74, 6) is 0.130. The van der Waals surface area contributed by atoms with E-state index in [1.807, 2.05) is 18.2 Å². The lowest BCUT2D eigenvalue weighted by Crippen LogP contribution is -2.40. The standard InChI is InChI=1S/C20H29N3O4/c1-19(2,3)13-9-10-15(27-6)14(12-13)21-16(24)8-7-11-23-17(25)20(4,5)22-18(23)26/h9-10,12H,7-8,11H2,1-6H3,(H,21,24)(H,22,26). The maximum Gasteiger partial charge on any atom is 0.325 e. The largest absolute Gasteiger partial charge is 0.495 e. The average molecular weight is 375 g/mol. The second kappa shape index (κ2) is 7.58. The van der Waals surface area contributed by atoms with Gasteiger partial charge in [-0.05, 0) is 43.4 Å². The highest BCUT2D eigenvalue weighted by atomic mass is 16.5. The molecule has 1 aromatic rings. The number of amides is 4. The van der Waals surface area contributed by atoms with Gasteiger partial charge >= 0.3 is 6.03 Å². The Hall–Kier alpha value is -2.57. The summed E-state index contributed by atoms with van der Waals surface area (Å²) in [6.07, 6.45) is 0.586. The van der Waals surface area contributed by atoms with Crippen LogP contribution in [0, 0.1) is 0 Å². The van der Waals surface area contributed by atoms with Crippen molar-refractivity contribution in [2.75, 3.05) is 19.0 Å². The normalized spacial score (nSPS) is 16.3. The number of nitrogens with zero attached hydrogens (tertiary/aromatic N) is 1. The van der Waals surface area contributed by atoms with Gasteiger partial charge in [0, 0.05) is 13.0 Å². The Morgan fingerprint density at radius 3 is 2.44 bits per heavy atom. The predicted molar refractivity (Wildman–Crippen MR) is 104 cm³/mol. The molecule has 27 heavy (non-hydrogen) atoms. The van der Waals surface area contributed by atoms with E-state index in [2.05, 4.69) is 31.4 Å². The number of carbonyl (C=O) groups excluding carboxylic acids is 3. The van der Waals surface area contributed by atoms with Crippen LogP contribution >= 0.6 is 0 Å². The van der Waals surface area contributed by atoms with Crippen molar-refractivity contribution in [3.63, 3.8) is 0 Å². The van der Waals surface area contributed by atoms with Crippen molar-refractivity contribution >= 4 is 23.5 Å². The van der Waals surface area contributed by atoms with Gasteiger partial charge in [0.25, 0.3) is 5.91 Å². The van der Waals surface area contributed by atoms with E-state index in [0.29, 0.717) is 17.9 Å². The van der Waals surface area contributed by atoms with Gasteiger partial charge in [-0.25, -0.2) is 4.79 Å². The molecule has 1 aliphatic heterocycles. The van der Waals surface area contributed by atoms with Crippen molar-refractivity contribution in [2.45, 2.75) is 58.4 Å². The van der Waals surface area contributed by atoms with Gasteiger partial charge in [0.05, 0.1) is 12.8 Å². The molecule has 0 unspecified atom stereocenters. The van der Waals surface area contributed by atoms with Crippen LogP contribution in [-0.4, -0.2) is 41.9 Å². The fourth-order valence-electron chi connectivity index (χ4n) is 2.90. The van der Waals surface area contributed by atoms with E-state index in [-0.39, 0.29) is 30.2 Å². The number of benzene rings is 1. The molecule has 7 heteroatoms. The van der Waals surface area contributed by atoms with Crippen molar-refractivity contribution in [2.24, 2.45) is 0 Å². The van der Waals surface area contributed by atoms with Crippen LogP contribution in [0.15, 0.2) is 18.2 Å². The summed E-state index contributed by atoms with van der Waals surface area (Å²) in [7, 11) is 1.56. The summed E-state index contributed by atoms with van der Waals surface area (Å²) in [5, 5.41) is 5.50. The summed E-state index contributed by atoms with van der Waals surface area (Å²) in [4.78, 5) is 37.5. The molecule has 0 aliphatic carbocycles. The topological polar surface area (TPSA) is 87.7 Å². The second-order valence-electron chi connectivity index (χ2n) is 8.33. The zero-order chi connectivity index (χ0) is 20.4. The molecule has 0 spiro atoms. The van der Waals surface area contributed by atoms with Gasteiger partial charge in [-0.1, -0.05) is 26.8 Å². The number of rotatable bonds is 6. The first-order valence-corrected chi connectivity index (χ1v) is 9.08. The third-order valence-electron chi connectivity index (χ3n) is 4.57. The molecule has 2 rings (SSSR count). The number of imide groups is 1. The number of methoxy groups -OCH3 is 1. The molecule has 0 saturated carbocycles. The molecule has 148 valence electrons. The molecule has 1 fully saturated rings. The van der Waals surface area contributed by atoms with Crippen LogP contribution in [0.4, 0.5) is 10.5 Å². The van der Waals surface area contributed by atoms with Gasteiger partial charge in [-0.3, -0.25) is 14.5 Å². The first kappa shape index (κ1) is 20.7. The molecule has 0 bridgehead atoms. The Balaban J connectivity index is 1.96. The number of hydrogen-bond acceptors (Lipinski definition) is 4. The number of hydrogen-bond donors (Lipinski definition) is 2. The highest BCUT2D eigenvalue weighted by Crippen LogP contribution is 2.31. The summed E-state index contributed by atoms with van der Waals surface area (Å²) >= 11 is 0. The molecular weight excluding hydrogens is 346 g/mol. The first-order chi connectivity index (χ1) is 12.5. The Bertz CT molecular complexity index is 750. The van der Waals surface area contributed by atoms with E-state index < -0.39 is 11.6 Å². The highest BCUT2D eigenvalue weighted by molar-refractivity contribution is 6.06. The maximum atomic E-state index is 12.3. The summed E-state index contributed by atoms with van der Waals surface area (Å²) in [5.41, 5.74) is 0.758. The average Bonchev–Trinajstić information content (AvgIpc) is 2.75. The molecule has 2 N–H and O–H groups in total. The highest BCUT2D eigenvalue weighted by Gasteiger charge is 2.43. The minimum absolute atomic E-state index is 0.0535. The third kappa shape index (κ3) is 4.78. The first-order valence-electron chi connectivity index (χ1n) is 9.08. The SMILES string of the molecule is COc1ccc(C(C)(C)C)cc1NC(=O)CCCN1C(=O)NC(C)(C)C1=O. The van der Waals surface area contributed by atoms with Crippen molar-refractivity contribution in [1.82, 2.24) is 10.2 Å². The van der Waals surface area contributed by atoms with E-state index in [0.717, 1.165) is 10.5 Å². The Morgan fingerprint density at radius 1 is 1.26 bits per heavy atom. The Kier molecular flexibility index (Phi) is 5.82. The van der Waals surface area contributed by atoms with E-state index in [1.54, 1.807) is 21.0 Å². The molecule has 1 saturated heterocycles. The molecule has 1 aliphatic rings. The number of ether oxygens (including phenoxy) is 1. The van der Waals surface area contributed by atoms with Crippen molar-refractivity contribution in [1.29, 1.82) is 0 Å². The van der Waals surface area contributed by atoms with Gasteiger partial charge in [0.15, 0.2) is 0 Å². The molecule has 1 heterocycles. The van der Waals surface area contributed by atoms with Crippen LogP contribution in [-0.2, 0) is 15.0 Å². The van der Waals surface area contributed by atoms with Crippen LogP contribution in [0.2, 0.25) is 0 Å². The molecule has 0 aromatic heterocycles. The summed E-state index contributed by atoms with van der Waals surface area (Å²) in [6, 6.07) is 5.32. The van der Waals surface area contributed by atoms with Crippen molar-refractivity contribution in [3.05, 3.63) is 23.8 Å². The van der Waals surface area contributed by atoms with Crippen LogP contribution in [0.25, 0.3) is 0 Å². The monoisotopic (exact) mass is 375 g/mol. The van der Waals surface area contributed by atoms with E-state index in [1.165, 1.54) is 0 Å². The smallest absolute Gasteiger partial charge is 0.325 e. The predicted octanol–water partition coefficient (Wildman–Crippen LogP) is 3.04. The van der Waals surface area contributed by atoms with Crippen molar-refractivity contribution in [3.8, 4) is 5.75 Å². The molecule has 0 radical (unpaired) electrons. The molecule has 7 nitrogen and oxygen atoms in total. The summed E-state index contributed by atoms with van der Waals surface area (Å²) in [6.45, 7) is 9.82. The second-order valence-corrected chi connectivity index (χ2v) is 8.33. The van der Waals surface area contributed by atoms with Gasteiger partial charge in [-0.15, -0.1) is 0 Å². The van der Waals surface area contributed by atoms with Gasteiger partial charge < -0.3 is 15.4 Å². The van der Waals surface area contributed by atoms with E-state index in [4.69, 9.17) is 4.74 Å². The number of urea groups is 1. The Morgan fingerprint density at radius 2 is 1.93 bits per heavy atom. The fourth-order valence-corrected chi connectivity index (χ4v) is 2.90. The van der Waals surface area contributed by atoms with Crippen molar-refractivity contribution < 1.29 is 19.1 Å². The Labute approximate surface area is 160 Å². The van der Waals surface area contributed by atoms with E-state index in [9.17, 15) is 14.4 Å². The molecule has 1 aromatic carbocycles. The van der Waals surface area contributed by atoms with Crippen LogP contribution in [0.3, 0.4) is 0 Å². The zero-order valence-corrected chi connectivity index (χ0v) is 16.9. The minimum atomic E-state index is -0.889. The van der Waals surface area contributed by atoms with Gasteiger partial charge in [0.1, 0.15) is 11.3 Å². The van der Waals surface area contributed by atoms with Gasteiger partial charge in [0.2, 0.25) is 5.91 Å². The lowest BCUT2D eigenvalue weighted by Gasteiger charge is -2.21. The lowest BCUT2D eigenvalue weighted by atomic mass is 9.87. The third-order valence-corrected chi connectivity index (χ3v) is 4.57. The number of carbonyl (C=O) groups is 3. The number of anilines is 1. The molecule has 4 amide bonds. The lowest BCUT2D eigenvalue weighted by molar-refractivity contribution is -0.130. The fraction of sp³-hybridized carbons (Fsp3) is 0.550. The van der Waals surface area contributed by atoms with Crippen LogP contribution in [0.5, 0.6) is 5.75 Å². The summed E-state index contributed by atoms with van der Waals surface area (Å²) < 4.78 is 5.33. The van der Waals surface area contributed by atoms with Crippen LogP contribution in [0.1, 0.15) is 53.0 Å². The van der Waals surface area contributed by atoms with E-state index >= 15 is 0 Å². The minimum Gasteiger partial charge on any atom is -0.495 e. The quantitative estimate of drug-likeness (QED) is 0.748. The molecule has 0 atom stereocenters. The number of nitrogens with one attached hydrogen (secondary N) is 2. The van der Waals surface area contributed by atoms with Gasteiger partial charge in [-0.2, -0.15) is 0 Å². The molecular formula is C20H29N3O4. The maximum absolute atomic E-state index is 12.3.